The van der Waals surface area contributed by atoms with E-state index in [-0.39, 0.29) is 5.78 Å². The molecule has 0 saturated heterocycles. The Kier molecular flexibility index (Phi) is 2.83. The molecule has 1 aliphatic rings. The maximum absolute atomic E-state index is 12.3. The van der Waals surface area contributed by atoms with Gasteiger partial charge >= 0.3 is 0 Å². The third kappa shape index (κ3) is 2.26. The van der Waals surface area contributed by atoms with Crippen molar-refractivity contribution in [1.29, 1.82) is 0 Å². The Balaban J connectivity index is 1.87. The largest absolute Gasteiger partial charge is 0.490 e. The van der Waals surface area contributed by atoms with Crippen LogP contribution in [0.3, 0.4) is 0 Å². The van der Waals surface area contributed by atoms with Crippen molar-refractivity contribution in [3.8, 4) is 5.75 Å². The molecule has 18 heavy (non-hydrogen) atoms. The summed E-state index contributed by atoms with van der Waals surface area (Å²) in [5.74, 6) is 0.724. The molecule has 0 N–H and O–H groups in total. The quantitative estimate of drug-likeness (QED) is 0.793. The minimum atomic E-state index is -0.0382. The van der Waals surface area contributed by atoms with Crippen LogP contribution >= 0.6 is 11.5 Å². The van der Waals surface area contributed by atoms with Gasteiger partial charge in [0.25, 0.3) is 0 Å². The Morgan fingerprint density at radius 1 is 1.44 bits per heavy atom. The summed E-state index contributed by atoms with van der Waals surface area (Å²) in [6.07, 6.45) is 2.55. The van der Waals surface area contributed by atoms with Crippen LogP contribution < -0.4 is 4.74 Å². The first kappa shape index (κ1) is 11.3. The standard InChI is InChI=1S/C13H12N2O2S/c1-8-13(18-15-14-8)12(16)9-3-2-4-11(7-9)17-10-5-6-10/h2-4,7,10H,5-6H2,1H3. The van der Waals surface area contributed by atoms with Crippen LogP contribution in [-0.4, -0.2) is 21.5 Å². The lowest BCUT2D eigenvalue weighted by molar-refractivity contribution is 0.104. The lowest BCUT2D eigenvalue weighted by atomic mass is 10.1. The van der Waals surface area contributed by atoms with E-state index in [1.165, 1.54) is 0 Å². The zero-order valence-electron chi connectivity index (χ0n) is 9.92. The van der Waals surface area contributed by atoms with Crippen LogP contribution in [0.25, 0.3) is 0 Å². The van der Waals surface area contributed by atoms with E-state index in [4.69, 9.17) is 4.74 Å². The van der Waals surface area contributed by atoms with Crippen molar-refractivity contribution in [3.63, 3.8) is 0 Å². The number of hydrogen-bond acceptors (Lipinski definition) is 5. The van der Waals surface area contributed by atoms with Crippen LogP contribution in [0, 0.1) is 6.92 Å². The summed E-state index contributed by atoms with van der Waals surface area (Å²) in [6.45, 7) is 1.79. The van der Waals surface area contributed by atoms with E-state index in [0.717, 1.165) is 30.1 Å². The molecule has 92 valence electrons. The Hall–Kier alpha value is -1.75. The fraction of sp³-hybridized carbons (Fsp3) is 0.308. The third-order valence-electron chi connectivity index (χ3n) is 2.78. The number of hydrogen-bond donors (Lipinski definition) is 0. The molecular formula is C13H12N2O2S. The van der Waals surface area contributed by atoms with Crippen LogP contribution in [-0.2, 0) is 0 Å². The maximum atomic E-state index is 12.3. The summed E-state index contributed by atoms with van der Waals surface area (Å²) in [6, 6.07) is 7.31. The molecule has 4 nitrogen and oxygen atoms in total. The molecule has 0 amide bonds. The van der Waals surface area contributed by atoms with E-state index >= 15 is 0 Å². The topological polar surface area (TPSA) is 52.1 Å². The molecule has 0 unspecified atom stereocenters. The Morgan fingerprint density at radius 3 is 2.94 bits per heavy atom. The molecule has 1 aromatic carbocycles. The Morgan fingerprint density at radius 2 is 2.28 bits per heavy atom. The molecule has 0 spiro atoms. The molecule has 1 fully saturated rings. The van der Waals surface area contributed by atoms with Gasteiger partial charge in [-0.15, -0.1) is 5.10 Å². The maximum Gasteiger partial charge on any atom is 0.206 e. The average Bonchev–Trinajstić information content (AvgIpc) is 3.08. The molecule has 1 saturated carbocycles. The van der Waals surface area contributed by atoms with Gasteiger partial charge in [0, 0.05) is 5.56 Å². The van der Waals surface area contributed by atoms with Crippen molar-refractivity contribution in [2.75, 3.05) is 0 Å². The lowest BCUT2D eigenvalue weighted by Gasteiger charge is -2.05. The number of carbonyl (C=O) groups excluding carboxylic acids is 1. The Bertz CT molecular complexity index is 590. The van der Waals surface area contributed by atoms with Crippen LogP contribution in [0.15, 0.2) is 24.3 Å². The smallest absolute Gasteiger partial charge is 0.206 e. The van der Waals surface area contributed by atoms with Crippen LogP contribution in [0.1, 0.15) is 33.8 Å². The van der Waals surface area contributed by atoms with Gasteiger partial charge < -0.3 is 4.74 Å². The van der Waals surface area contributed by atoms with Gasteiger partial charge in [-0.3, -0.25) is 4.79 Å². The van der Waals surface area contributed by atoms with E-state index in [1.807, 2.05) is 12.1 Å². The zero-order chi connectivity index (χ0) is 12.5. The van der Waals surface area contributed by atoms with Crippen LogP contribution in [0.2, 0.25) is 0 Å². The van der Waals surface area contributed by atoms with Gasteiger partial charge in [0.05, 0.1) is 11.8 Å². The summed E-state index contributed by atoms with van der Waals surface area (Å²) < 4.78 is 9.47. The van der Waals surface area contributed by atoms with Gasteiger partial charge in [-0.1, -0.05) is 16.6 Å². The molecule has 1 aliphatic carbocycles. The monoisotopic (exact) mass is 260 g/mol. The summed E-state index contributed by atoms with van der Waals surface area (Å²) >= 11 is 1.13. The number of benzene rings is 1. The van der Waals surface area contributed by atoms with Gasteiger partial charge in [-0.25, -0.2) is 0 Å². The van der Waals surface area contributed by atoms with E-state index in [2.05, 4.69) is 9.59 Å². The molecule has 3 rings (SSSR count). The molecule has 0 radical (unpaired) electrons. The van der Waals surface area contributed by atoms with Crippen molar-refractivity contribution in [3.05, 3.63) is 40.4 Å². The summed E-state index contributed by atoms with van der Waals surface area (Å²) in [5, 5.41) is 3.86. The molecule has 2 aromatic rings. The van der Waals surface area contributed by atoms with E-state index in [0.29, 0.717) is 22.2 Å². The fourth-order valence-electron chi connectivity index (χ4n) is 1.66. The van der Waals surface area contributed by atoms with Crippen molar-refractivity contribution >= 4 is 17.3 Å². The third-order valence-corrected chi connectivity index (χ3v) is 3.61. The van der Waals surface area contributed by atoms with E-state index in [1.54, 1.807) is 19.1 Å². The first-order valence-corrected chi connectivity index (χ1v) is 6.62. The first-order chi connectivity index (χ1) is 8.74. The molecule has 5 heteroatoms. The minimum Gasteiger partial charge on any atom is -0.490 e. The highest BCUT2D eigenvalue weighted by atomic mass is 32.1. The molecule has 1 aromatic heterocycles. The molecule has 0 aliphatic heterocycles. The number of ketones is 1. The molecule has 0 atom stereocenters. The van der Waals surface area contributed by atoms with Crippen molar-refractivity contribution < 1.29 is 9.53 Å². The van der Waals surface area contributed by atoms with Gasteiger partial charge in [0.15, 0.2) is 0 Å². The van der Waals surface area contributed by atoms with Gasteiger partial charge in [-0.05, 0) is 43.4 Å². The summed E-state index contributed by atoms with van der Waals surface area (Å²) in [4.78, 5) is 12.9. The predicted molar refractivity (Wildman–Crippen MR) is 68.2 cm³/mol. The Labute approximate surface area is 109 Å². The number of ether oxygens (including phenoxy) is 1. The predicted octanol–water partition coefficient (Wildman–Crippen LogP) is 2.62. The zero-order valence-corrected chi connectivity index (χ0v) is 10.7. The summed E-state index contributed by atoms with van der Waals surface area (Å²) in [7, 11) is 0. The first-order valence-electron chi connectivity index (χ1n) is 5.84. The molecular weight excluding hydrogens is 248 g/mol. The van der Waals surface area contributed by atoms with Gasteiger partial charge in [0.1, 0.15) is 10.6 Å². The van der Waals surface area contributed by atoms with Gasteiger partial charge in [-0.2, -0.15) is 0 Å². The number of aromatic nitrogens is 2. The van der Waals surface area contributed by atoms with Crippen LogP contribution in [0.4, 0.5) is 0 Å². The van der Waals surface area contributed by atoms with E-state index < -0.39 is 0 Å². The number of aryl methyl sites for hydroxylation is 1. The average molecular weight is 260 g/mol. The fourth-order valence-corrected chi connectivity index (χ4v) is 2.28. The van der Waals surface area contributed by atoms with Crippen molar-refractivity contribution in [2.45, 2.75) is 25.9 Å². The lowest BCUT2D eigenvalue weighted by Crippen LogP contribution is -2.02. The SMILES string of the molecule is Cc1nnsc1C(=O)c1cccc(OC2CC2)c1. The highest BCUT2D eigenvalue weighted by Gasteiger charge is 2.24. The van der Waals surface area contributed by atoms with Crippen molar-refractivity contribution in [2.24, 2.45) is 0 Å². The van der Waals surface area contributed by atoms with E-state index in [9.17, 15) is 4.79 Å². The highest BCUT2D eigenvalue weighted by molar-refractivity contribution is 7.08. The number of rotatable bonds is 4. The second kappa shape index (κ2) is 4.49. The highest BCUT2D eigenvalue weighted by Crippen LogP contribution is 2.27. The summed E-state index contributed by atoms with van der Waals surface area (Å²) in [5.41, 5.74) is 1.31. The minimum absolute atomic E-state index is 0.0382. The molecule has 0 bridgehead atoms. The molecule has 1 heterocycles. The van der Waals surface area contributed by atoms with Crippen LogP contribution in [0.5, 0.6) is 5.75 Å². The van der Waals surface area contributed by atoms with Crippen molar-refractivity contribution in [1.82, 2.24) is 9.59 Å². The van der Waals surface area contributed by atoms with Gasteiger partial charge in [0.2, 0.25) is 5.78 Å². The second-order valence-electron chi connectivity index (χ2n) is 4.36. The number of carbonyl (C=O) groups is 1. The second-order valence-corrected chi connectivity index (χ2v) is 5.12. The number of nitrogens with zero attached hydrogens (tertiary/aromatic N) is 2. The normalized spacial score (nSPS) is 14.5.